The molecular weight excluding hydrogens is 330 g/mol. The van der Waals surface area contributed by atoms with Crippen LogP contribution in [0.1, 0.15) is 39.2 Å². The molecule has 2 unspecified atom stereocenters. The van der Waals surface area contributed by atoms with Crippen molar-refractivity contribution in [2.45, 2.75) is 18.5 Å². The van der Waals surface area contributed by atoms with Crippen molar-refractivity contribution in [1.82, 2.24) is 4.90 Å². The minimum absolute atomic E-state index is 0.191. The van der Waals surface area contributed by atoms with Crippen molar-refractivity contribution in [3.8, 4) is 0 Å². The molecule has 1 N–H and O–H groups in total. The molecule has 2 heterocycles. The second kappa shape index (κ2) is 6.52. The van der Waals surface area contributed by atoms with Crippen LogP contribution in [0.2, 0.25) is 0 Å². The molecule has 0 bridgehead atoms. The fraction of sp³-hybridized carbons (Fsp3) is 0.143. The van der Waals surface area contributed by atoms with Gasteiger partial charge in [-0.15, -0.1) is 0 Å². The number of fused-ring (bicyclic) bond motifs is 1. The molecule has 2 aromatic carbocycles. The highest BCUT2D eigenvalue weighted by Crippen LogP contribution is 2.43. The van der Waals surface area contributed by atoms with Gasteiger partial charge in [0.1, 0.15) is 17.7 Å². The van der Waals surface area contributed by atoms with Crippen LogP contribution in [0.3, 0.4) is 0 Å². The minimum atomic E-state index is -0.982. The Morgan fingerprint density at radius 1 is 1.00 bits per heavy atom. The maximum Gasteiger partial charge on any atom is 0.313 e. The molecule has 1 aromatic heterocycles. The lowest BCUT2D eigenvalue weighted by Crippen LogP contribution is -2.44. The van der Waals surface area contributed by atoms with Gasteiger partial charge in [-0.3, -0.25) is 9.59 Å². The summed E-state index contributed by atoms with van der Waals surface area (Å²) < 4.78 is 5.53. The number of carboxylic acid groups (broad SMARTS) is 1. The zero-order chi connectivity index (χ0) is 18.1. The maximum absolute atomic E-state index is 13.2. The van der Waals surface area contributed by atoms with E-state index in [-0.39, 0.29) is 5.91 Å². The number of aliphatic carboxylic acids is 1. The first-order valence-corrected chi connectivity index (χ1v) is 8.37. The van der Waals surface area contributed by atoms with Gasteiger partial charge < -0.3 is 14.4 Å². The predicted octanol–water partition coefficient (Wildman–Crippen LogP) is 3.85. The van der Waals surface area contributed by atoms with E-state index in [1.54, 1.807) is 41.3 Å². The number of carbonyl (C=O) groups is 2. The Kier molecular flexibility index (Phi) is 4.05. The smallest absolute Gasteiger partial charge is 0.313 e. The second-order valence-corrected chi connectivity index (χ2v) is 6.28. The maximum atomic E-state index is 13.2. The zero-order valence-corrected chi connectivity index (χ0v) is 13.9. The number of carboxylic acids is 1. The number of amides is 1. The monoisotopic (exact) mass is 347 g/mol. The molecule has 1 amide bonds. The van der Waals surface area contributed by atoms with Crippen molar-refractivity contribution in [3.05, 3.63) is 95.4 Å². The molecule has 130 valence electrons. The summed E-state index contributed by atoms with van der Waals surface area (Å²) >= 11 is 0. The summed E-state index contributed by atoms with van der Waals surface area (Å²) in [4.78, 5) is 26.9. The SMILES string of the molecule is O=C(O)C1c2ccccc2C(=O)N(Cc2ccccc2)C1c1ccco1. The van der Waals surface area contributed by atoms with Gasteiger partial charge in [-0.05, 0) is 29.3 Å². The Morgan fingerprint density at radius 3 is 2.42 bits per heavy atom. The molecule has 0 saturated carbocycles. The first-order chi connectivity index (χ1) is 12.7. The van der Waals surface area contributed by atoms with Crippen molar-refractivity contribution < 1.29 is 19.1 Å². The van der Waals surface area contributed by atoms with Crippen LogP contribution in [-0.2, 0) is 11.3 Å². The molecule has 4 rings (SSSR count). The van der Waals surface area contributed by atoms with Crippen LogP contribution in [0.5, 0.6) is 0 Å². The van der Waals surface area contributed by atoms with Crippen LogP contribution >= 0.6 is 0 Å². The van der Waals surface area contributed by atoms with E-state index in [2.05, 4.69) is 0 Å². The number of hydrogen-bond donors (Lipinski definition) is 1. The zero-order valence-electron chi connectivity index (χ0n) is 13.9. The number of furan rings is 1. The summed E-state index contributed by atoms with van der Waals surface area (Å²) in [6, 6.07) is 19.2. The highest BCUT2D eigenvalue weighted by molar-refractivity contribution is 6.00. The van der Waals surface area contributed by atoms with Crippen molar-refractivity contribution in [3.63, 3.8) is 0 Å². The van der Waals surface area contributed by atoms with Crippen LogP contribution in [0.15, 0.2) is 77.4 Å². The van der Waals surface area contributed by atoms with E-state index >= 15 is 0 Å². The molecule has 26 heavy (non-hydrogen) atoms. The van der Waals surface area contributed by atoms with Gasteiger partial charge in [-0.1, -0.05) is 48.5 Å². The summed E-state index contributed by atoms with van der Waals surface area (Å²) in [6.45, 7) is 0.309. The van der Waals surface area contributed by atoms with Gasteiger partial charge >= 0.3 is 5.97 Å². The summed E-state index contributed by atoms with van der Waals surface area (Å²) in [6.07, 6.45) is 1.50. The molecule has 5 nitrogen and oxygen atoms in total. The molecule has 1 aliphatic heterocycles. The molecule has 0 fully saturated rings. The summed E-state index contributed by atoms with van der Waals surface area (Å²) in [5, 5.41) is 9.94. The van der Waals surface area contributed by atoms with Gasteiger partial charge in [-0.2, -0.15) is 0 Å². The van der Waals surface area contributed by atoms with Crippen molar-refractivity contribution in [2.24, 2.45) is 0 Å². The normalized spacial score (nSPS) is 19.2. The Morgan fingerprint density at radius 2 is 1.73 bits per heavy atom. The number of benzene rings is 2. The Labute approximate surface area is 150 Å². The van der Waals surface area contributed by atoms with Gasteiger partial charge in [0, 0.05) is 12.1 Å². The van der Waals surface area contributed by atoms with E-state index in [4.69, 9.17) is 4.42 Å². The predicted molar refractivity (Wildman–Crippen MR) is 94.6 cm³/mol. The van der Waals surface area contributed by atoms with Crippen LogP contribution in [-0.4, -0.2) is 21.9 Å². The third-order valence-corrected chi connectivity index (χ3v) is 4.74. The van der Waals surface area contributed by atoms with Crippen LogP contribution in [0.4, 0.5) is 0 Å². The molecule has 0 radical (unpaired) electrons. The van der Waals surface area contributed by atoms with E-state index in [0.29, 0.717) is 23.4 Å². The Balaban J connectivity index is 1.87. The van der Waals surface area contributed by atoms with Crippen molar-refractivity contribution >= 4 is 11.9 Å². The summed E-state index contributed by atoms with van der Waals surface area (Å²) in [5.41, 5.74) is 1.88. The van der Waals surface area contributed by atoms with Gasteiger partial charge in [0.05, 0.1) is 6.26 Å². The quantitative estimate of drug-likeness (QED) is 0.778. The van der Waals surface area contributed by atoms with E-state index in [0.717, 1.165) is 5.56 Å². The molecule has 3 aromatic rings. The first kappa shape index (κ1) is 16.1. The fourth-order valence-electron chi connectivity index (χ4n) is 3.59. The fourth-order valence-corrected chi connectivity index (χ4v) is 3.59. The third-order valence-electron chi connectivity index (χ3n) is 4.74. The minimum Gasteiger partial charge on any atom is -0.481 e. The van der Waals surface area contributed by atoms with Gasteiger partial charge in [-0.25, -0.2) is 0 Å². The summed E-state index contributed by atoms with van der Waals surface area (Å²) in [5.74, 6) is -1.59. The van der Waals surface area contributed by atoms with E-state index < -0.39 is 17.9 Å². The van der Waals surface area contributed by atoms with E-state index in [9.17, 15) is 14.7 Å². The molecule has 1 aliphatic rings. The average molecular weight is 347 g/mol. The molecule has 2 atom stereocenters. The highest BCUT2D eigenvalue weighted by atomic mass is 16.4. The van der Waals surface area contributed by atoms with Gasteiger partial charge in [0.15, 0.2) is 0 Å². The first-order valence-electron chi connectivity index (χ1n) is 8.37. The van der Waals surface area contributed by atoms with Gasteiger partial charge in [0.25, 0.3) is 5.91 Å². The molecule has 0 spiro atoms. The van der Waals surface area contributed by atoms with Crippen molar-refractivity contribution in [1.29, 1.82) is 0 Å². The summed E-state index contributed by atoms with van der Waals surface area (Å²) in [7, 11) is 0. The second-order valence-electron chi connectivity index (χ2n) is 6.28. The Hall–Kier alpha value is -3.34. The molecule has 0 saturated heterocycles. The highest BCUT2D eigenvalue weighted by Gasteiger charge is 2.45. The largest absolute Gasteiger partial charge is 0.481 e. The van der Waals surface area contributed by atoms with Crippen LogP contribution in [0.25, 0.3) is 0 Å². The van der Waals surface area contributed by atoms with Crippen LogP contribution < -0.4 is 0 Å². The van der Waals surface area contributed by atoms with Gasteiger partial charge in [0.2, 0.25) is 0 Å². The average Bonchev–Trinajstić information content (AvgIpc) is 3.18. The topological polar surface area (TPSA) is 70.8 Å². The van der Waals surface area contributed by atoms with Crippen LogP contribution in [0, 0.1) is 0 Å². The molecule has 5 heteroatoms. The van der Waals surface area contributed by atoms with Crippen molar-refractivity contribution in [2.75, 3.05) is 0 Å². The molecular formula is C21H17NO4. The van der Waals surface area contributed by atoms with E-state index in [1.807, 2.05) is 30.3 Å². The lowest BCUT2D eigenvalue weighted by atomic mass is 9.81. The lowest BCUT2D eigenvalue weighted by molar-refractivity contribution is -0.141. The number of hydrogen-bond acceptors (Lipinski definition) is 3. The Bertz CT molecular complexity index is 934. The number of carbonyl (C=O) groups excluding carboxylic acids is 1. The standard InChI is InChI=1S/C21H17NO4/c23-20-16-10-5-4-9-15(16)18(21(24)25)19(17-11-6-12-26-17)22(20)13-14-7-2-1-3-8-14/h1-12,18-19H,13H2,(H,24,25). The third kappa shape index (κ3) is 2.67. The number of rotatable bonds is 4. The number of nitrogens with zero attached hydrogens (tertiary/aromatic N) is 1. The van der Waals surface area contributed by atoms with E-state index in [1.165, 1.54) is 6.26 Å². The molecule has 0 aliphatic carbocycles. The lowest BCUT2D eigenvalue weighted by Gasteiger charge is -2.39.